The maximum Gasteiger partial charge on any atom is 0.00964 e. The van der Waals surface area contributed by atoms with Gasteiger partial charge in [0, 0.05) is 12.1 Å². The number of nitrogens with zero attached hydrogens (tertiary/aromatic N) is 1. The first kappa shape index (κ1) is 14.3. The molecular formula is C16H32N2. The molecule has 0 amide bonds. The van der Waals surface area contributed by atoms with E-state index in [4.69, 9.17) is 5.73 Å². The van der Waals surface area contributed by atoms with E-state index < -0.39 is 0 Å². The molecule has 1 saturated carbocycles. The molecule has 2 fully saturated rings. The van der Waals surface area contributed by atoms with Gasteiger partial charge in [0.2, 0.25) is 0 Å². The van der Waals surface area contributed by atoms with Gasteiger partial charge in [-0.3, -0.25) is 0 Å². The third-order valence-electron chi connectivity index (χ3n) is 5.25. The quantitative estimate of drug-likeness (QED) is 0.775. The molecule has 2 aliphatic rings. The van der Waals surface area contributed by atoms with Gasteiger partial charge in [-0.05, 0) is 69.4 Å². The summed E-state index contributed by atoms with van der Waals surface area (Å²) in [5, 5.41) is 0. The van der Waals surface area contributed by atoms with E-state index >= 15 is 0 Å². The lowest BCUT2D eigenvalue weighted by Crippen LogP contribution is -2.41. The number of rotatable bonds is 1. The topological polar surface area (TPSA) is 29.3 Å². The summed E-state index contributed by atoms with van der Waals surface area (Å²) in [6, 6.07) is 1.32. The summed E-state index contributed by atoms with van der Waals surface area (Å²) in [4.78, 5) is 2.78. The Hall–Kier alpha value is -0.0800. The van der Waals surface area contributed by atoms with Gasteiger partial charge >= 0.3 is 0 Å². The normalized spacial score (nSPS) is 36.3. The zero-order valence-corrected chi connectivity index (χ0v) is 12.6. The lowest BCUT2D eigenvalue weighted by atomic mass is 9.77. The highest BCUT2D eigenvalue weighted by Gasteiger charge is 2.30. The summed E-state index contributed by atoms with van der Waals surface area (Å²) in [6.45, 7) is 9.88. The van der Waals surface area contributed by atoms with Crippen LogP contribution in [0.5, 0.6) is 0 Å². The van der Waals surface area contributed by atoms with Gasteiger partial charge in [-0.2, -0.15) is 0 Å². The van der Waals surface area contributed by atoms with Crippen molar-refractivity contribution >= 4 is 0 Å². The van der Waals surface area contributed by atoms with Crippen molar-refractivity contribution in [1.29, 1.82) is 0 Å². The van der Waals surface area contributed by atoms with Gasteiger partial charge in [0.05, 0.1) is 0 Å². The minimum atomic E-state index is 0.482. The zero-order chi connectivity index (χ0) is 13.2. The molecule has 0 spiro atoms. The van der Waals surface area contributed by atoms with Crippen LogP contribution >= 0.6 is 0 Å². The van der Waals surface area contributed by atoms with Gasteiger partial charge in [0.1, 0.15) is 0 Å². The smallest absolute Gasteiger partial charge is 0.00964 e. The van der Waals surface area contributed by atoms with Gasteiger partial charge < -0.3 is 10.6 Å². The van der Waals surface area contributed by atoms with Crippen LogP contribution in [0.3, 0.4) is 0 Å². The Morgan fingerprint density at radius 1 is 0.889 bits per heavy atom. The Balaban J connectivity index is 1.85. The molecule has 2 N–H and O–H groups in total. The summed E-state index contributed by atoms with van der Waals surface area (Å²) in [7, 11) is 0. The van der Waals surface area contributed by atoms with E-state index in [2.05, 4.69) is 25.7 Å². The first-order valence-electron chi connectivity index (χ1n) is 7.96. The fraction of sp³-hybridized carbons (Fsp3) is 1.00. The van der Waals surface area contributed by atoms with E-state index in [9.17, 15) is 0 Å². The molecule has 106 valence electrons. The summed E-state index contributed by atoms with van der Waals surface area (Å²) in [5.41, 5.74) is 6.51. The Morgan fingerprint density at radius 2 is 1.56 bits per heavy atom. The van der Waals surface area contributed by atoms with Crippen molar-refractivity contribution in [2.24, 2.45) is 17.1 Å². The largest absolute Gasteiger partial charge is 0.328 e. The molecule has 0 bridgehead atoms. The molecule has 0 aromatic heterocycles. The summed E-state index contributed by atoms with van der Waals surface area (Å²) in [6.07, 6.45) is 9.36. The lowest BCUT2D eigenvalue weighted by molar-refractivity contribution is 0.146. The van der Waals surface area contributed by atoms with Gasteiger partial charge in [-0.15, -0.1) is 0 Å². The van der Waals surface area contributed by atoms with Crippen LogP contribution in [-0.4, -0.2) is 30.1 Å². The summed E-state index contributed by atoms with van der Waals surface area (Å²) < 4.78 is 0. The van der Waals surface area contributed by atoms with Crippen molar-refractivity contribution in [3.8, 4) is 0 Å². The third kappa shape index (κ3) is 3.71. The van der Waals surface area contributed by atoms with Crippen molar-refractivity contribution in [2.45, 2.75) is 77.8 Å². The molecule has 1 aliphatic carbocycles. The van der Waals surface area contributed by atoms with Crippen LogP contribution in [-0.2, 0) is 0 Å². The van der Waals surface area contributed by atoms with E-state index in [1.54, 1.807) is 0 Å². The molecule has 1 unspecified atom stereocenters. The van der Waals surface area contributed by atoms with Gasteiger partial charge in [0.15, 0.2) is 0 Å². The highest BCUT2D eigenvalue weighted by Crippen LogP contribution is 2.35. The maximum absolute atomic E-state index is 6.02. The number of hydrogen-bond donors (Lipinski definition) is 1. The molecular weight excluding hydrogens is 220 g/mol. The highest BCUT2D eigenvalue weighted by atomic mass is 15.2. The average molecular weight is 252 g/mol. The Labute approximate surface area is 113 Å². The Kier molecular flexibility index (Phi) is 4.71. The predicted octanol–water partition coefficient (Wildman–Crippen LogP) is 3.40. The predicted molar refractivity (Wildman–Crippen MR) is 78.6 cm³/mol. The molecule has 1 atom stereocenters. The van der Waals surface area contributed by atoms with Gasteiger partial charge in [0.25, 0.3) is 0 Å². The summed E-state index contributed by atoms with van der Waals surface area (Å²) >= 11 is 0. The molecule has 18 heavy (non-hydrogen) atoms. The molecule has 2 nitrogen and oxygen atoms in total. The first-order valence-corrected chi connectivity index (χ1v) is 7.96. The van der Waals surface area contributed by atoms with Crippen LogP contribution in [0.2, 0.25) is 0 Å². The molecule has 1 heterocycles. The zero-order valence-electron chi connectivity index (χ0n) is 12.6. The van der Waals surface area contributed by atoms with Crippen molar-refractivity contribution in [2.75, 3.05) is 13.1 Å². The standard InChI is InChI=1S/C16H32N2/c1-16(2,3)13-5-4-11-18(12-10-13)15-8-6-14(17)7-9-15/h13-15H,4-12,17H2,1-3H3. The molecule has 2 heteroatoms. The Bertz CT molecular complexity index is 248. The number of likely N-dealkylation sites (tertiary alicyclic amines) is 1. The van der Waals surface area contributed by atoms with Gasteiger partial charge in [-0.25, -0.2) is 0 Å². The number of nitrogens with two attached hydrogens (primary N) is 1. The Morgan fingerprint density at radius 3 is 2.17 bits per heavy atom. The molecule has 0 radical (unpaired) electrons. The molecule has 0 aromatic rings. The SMILES string of the molecule is CC(C)(C)C1CCCN(C2CCC(N)CC2)CC1. The van der Waals surface area contributed by atoms with E-state index in [0.717, 1.165) is 12.0 Å². The van der Waals surface area contributed by atoms with E-state index in [1.165, 1.54) is 58.0 Å². The second kappa shape index (κ2) is 5.92. The maximum atomic E-state index is 6.02. The molecule has 1 aliphatic heterocycles. The van der Waals surface area contributed by atoms with Crippen LogP contribution in [0.25, 0.3) is 0 Å². The monoisotopic (exact) mass is 252 g/mol. The minimum Gasteiger partial charge on any atom is -0.328 e. The third-order valence-corrected chi connectivity index (χ3v) is 5.25. The number of hydrogen-bond acceptors (Lipinski definition) is 2. The van der Waals surface area contributed by atoms with Crippen LogP contribution in [0, 0.1) is 11.3 Å². The van der Waals surface area contributed by atoms with E-state index in [-0.39, 0.29) is 0 Å². The summed E-state index contributed by atoms with van der Waals surface area (Å²) in [5.74, 6) is 0.911. The van der Waals surface area contributed by atoms with E-state index in [1.807, 2.05) is 0 Å². The van der Waals surface area contributed by atoms with Crippen LogP contribution in [0.15, 0.2) is 0 Å². The van der Waals surface area contributed by atoms with Crippen LogP contribution in [0.4, 0.5) is 0 Å². The molecule has 1 saturated heterocycles. The van der Waals surface area contributed by atoms with E-state index in [0.29, 0.717) is 11.5 Å². The highest BCUT2D eigenvalue weighted by molar-refractivity contribution is 4.85. The van der Waals surface area contributed by atoms with Crippen LogP contribution in [0.1, 0.15) is 65.7 Å². The van der Waals surface area contributed by atoms with Crippen molar-refractivity contribution in [3.05, 3.63) is 0 Å². The minimum absolute atomic E-state index is 0.482. The second-order valence-electron chi connectivity index (χ2n) is 7.60. The molecule has 2 rings (SSSR count). The van der Waals surface area contributed by atoms with Crippen molar-refractivity contribution < 1.29 is 0 Å². The molecule has 0 aromatic carbocycles. The fourth-order valence-corrected chi connectivity index (χ4v) is 3.82. The lowest BCUT2D eigenvalue weighted by Gasteiger charge is -2.36. The van der Waals surface area contributed by atoms with Crippen molar-refractivity contribution in [1.82, 2.24) is 4.90 Å². The second-order valence-corrected chi connectivity index (χ2v) is 7.60. The van der Waals surface area contributed by atoms with Crippen molar-refractivity contribution in [3.63, 3.8) is 0 Å². The van der Waals surface area contributed by atoms with Crippen LogP contribution < -0.4 is 5.73 Å². The van der Waals surface area contributed by atoms with Gasteiger partial charge in [-0.1, -0.05) is 20.8 Å². The first-order chi connectivity index (χ1) is 8.47. The average Bonchev–Trinajstić information content (AvgIpc) is 2.55. The fourth-order valence-electron chi connectivity index (χ4n) is 3.82.